The predicted molar refractivity (Wildman–Crippen MR) is 74.7 cm³/mol. The van der Waals surface area contributed by atoms with E-state index in [9.17, 15) is 4.79 Å². The first-order chi connectivity index (χ1) is 8.00. The van der Waals surface area contributed by atoms with Crippen molar-refractivity contribution < 1.29 is 4.79 Å². The number of nitrogens with zero attached hydrogens (tertiary/aromatic N) is 2. The molecule has 1 fully saturated rings. The lowest BCUT2D eigenvalue weighted by Crippen LogP contribution is -2.51. The van der Waals surface area contributed by atoms with Gasteiger partial charge in [0.2, 0.25) is 0 Å². The Kier molecular flexibility index (Phi) is 6.12. The summed E-state index contributed by atoms with van der Waals surface area (Å²) in [5, 5.41) is 3.00. The molecule has 1 unspecified atom stereocenters. The van der Waals surface area contributed by atoms with E-state index < -0.39 is 0 Å². The Morgan fingerprint density at radius 2 is 2.24 bits per heavy atom. The van der Waals surface area contributed by atoms with E-state index in [1.807, 2.05) is 30.5 Å². The van der Waals surface area contributed by atoms with Crippen molar-refractivity contribution in [2.75, 3.05) is 38.7 Å². The van der Waals surface area contributed by atoms with E-state index in [-0.39, 0.29) is 12.1 Å². The SMILES string of the molecule is CC(C)NC(=O)N1CCCSCC1CN(C)C. The van der Waals surface area contributed by atoms with Crippen LogP contribution in [0.1, 0.15) is 20.3 Å². The van der Waals surface area contributed by atoms with E-state index >= 15 is 0 Å². The van der Waals surface area contributed by atoms with Crippen LogP contribution < -0.4 is 5.32 Å². The molecule has 1 atom stereocenters. The quantitative estimate of drug-likeness (QED) is 0.834. The van der Waals surface area contributed by atoms with Crippen molar-refractivity contribution in [3.05, 3.63) is 0 Å². The molecule has 2 amide bonds. The summed E-state index contributed by atoms with van der Waals surface area (Å²) in [6.07, 6.45) is 1.10. The van der Waals surface area contributed by atoms with E-state index in [2.05, 4.69) is 24.3 Å². The van der Waals surface area contributed by atoms with Gasteiger partial charge in [-0.15, -0.1) is 0 Å². The summed E-state index contributed by atoms with van der Waals surface area (Å²) >= 11 is 1.96. The van der Waals surface area contributed by atoms with E-state index in [0.717, 1.165) is 31.0 Å². The number of hydrogen-bond acceptors (Lipinski definition) is 3. The molecule has 0 bridgehead atoms. The van der Waals surface area contributed by atoms with Gasteiger partial charge in [-0.25, -0.2) is 4.79 Å². The maximum atomic E-state index is 12.1. The first-order valence-electron chi connectivity index (χ1n) is 6.30. The van der Waals surface area contributed by atoms with Gasteiger partial charge in [-0.05, 0) is 40.1 Å². The fraction of sp³-hybridized carbons (Fsp3) is 0.917. The molecular weight excluding hydrogens is 234 g/mol. The van der Waals surface area contributed by atoms with Crippen LogP contribution >= 0.6 is 11.8 Å². The van der Waals surface area contributed by atoms with Crippen LogP contribution in [0.25, 0.3) is 0 Å². The van der Waals surface area contributed by atoms with Gasteiger partial charge in [-0.3, -0.25) is 0 Å². The van der Waals surface area contributed by atoms with Gasteiger partial charge in [-0.1, -0.05) is 0 Å². The zero-order valence-corrected chi connectivity index (χ0v) is 12.2. The van der Waals surface area contributed by atoms with Gasteiger partial charge in [0.05, 0.1) is 6.04 Å². The zero-order valence-electron chi connectivity index (χ0n) is 11.4. The molecule has 100 valence electrons. The van der Waals surface area contributed by atoms with Gasteiger partial charge < -0.3 is 15.1 Å². The van der Waals surface area contributed by atoms with Gasteiger partial charge in [0, 0.05) is 24.9 Å². The van der Waals surface area contributed by atoms with E-state index in [0.29, 0.717) is 6.04 Å². The highest BCUT2D eigenvalue weighted by atomic mass is 32.2. The van der Waals surface area contributed by atoms with Crippen LogP contribution in [-0.2, 0) is 0 Å². The molecule has 1 aliphatic rings. The van der Waals surface area contributed by atoms with Crippen LogP contribution in [0.3, 0.4) is 0 Å². The Balaban J connectivity index is 2.63. The second kappa shape index (κ2) is 7.11. The molecule has 1 heterocycles. The highest BCUT2D eigenvalue weighted by molar-refractivity contribution is 7.99. The number of likely N-dealkylation sites (N-methyl/N-ethyl adjacent to an activating group) is 1. The molecule has 0 spiro atoms. The fourth-order valence-electron chi connectivity index (χ4n) is 2.00. The Morgan fingerprint density at radius 3 is 2.82 bits per heavy atom. The summed E-state index contributed by atoms with van der Waals surface area (Å²) in [6, 6.07) is 0.629. The molecule has 0 radical (unpaired) electrons. The maximum Gasteiger partial charge on any atom is 0.317 e. The van der Waals surface area contributed by atoms with Crippen molar-refractivity contribution in [2.45, 2.75) is 32.4 Å². The number of amides is 2. The van der Waals surface area contributed by atoms with Crippen LogP contribution in [0.5, 0.6) is 0 Å². The predicted octanol–water partition coefficient (Wildman–Crippen LogP) is 1.47. The molecule has 4 nitrogen and oxygen atoms in total. The second-order valence-electron chi connectivity index (χ2n) is 5.14. The Bertz CT molecular complexity index is 246. The lowest BCUT2D eigenvalue weighted by atomic mass is 10.2. The highest BCUT2D eigenvalue weighted by Gasteiger charge is 2.26. The second-order valence-corrected chi connectivity index (χ2v) is 6.29. The van der Waals surface area contributed by atoms with Gasteiger partial charge >= 0.3 is 6.03 Å². The Labute approximate surface area is 109 Å². The van der Waals surface area contributed by atoms with Crippen molar-refractivity contribution in [1.82, 2.24) is 15.1 Å². The van der Waals surface area contributed by atoms with Crippen molar-refractivity contribution in [1.29, 1.82) is 0 Å². The number of thioether (sulfide) groups is 1. The third-order valence-corrected chi connectivity index (χ3v) is 3.89. The summed E-state index contributed by atoms with van der Waals surface area (Å²) in [6.45, 7) is 5.83. The summed E-state index contributed by atoms with van der Waals surface area (Å²) in [5.74, 6) is 2.21. The lowest BCUT2D eigenvalue weighted by Gasteiger charge is -2.32. The Morgan fingerprint density at radius 1 is 1.53 bits per heavy atom. The lowest BCUT2D eigenvalue weighted by molar-refractivity contribution is 0.166. The number of urea groups is 1. The van der Waals surface area contributed by atoms with Gasteiger partial charge in [0.25, 0.3) is 0 Å². The molecule has 0 saturated carbocycles. The monoisotopic (exact) mass is 259 g/mol. The minimum absolute atomic E-state index is 0.0920. The summed E-state index contributed by atoms with van der Waals surface area (Å²) < 4.78 is 0. The normalized spacial score (nSPS) is 21.8. The standard InChI is InChI=1S/C12H25N3OS/c1-10(2)13-12(16)15-6-5-7-17-9-11(15)8-14(3)4/h10-11H,5-9H2,1-4H3,(H,13,16). The smallest absolute Gasteiger partial charge is 0.317 e. The molecule has 5 heteroatoms. The number of carbonyl (C=O) groups excluding carboxylic acids is 1. The van der Waals surface area contributed by atoms with Crippen LogP contribution in [0.4, 0.5) is 4.79 Å². The molecule has 1 N–H and O–H groups in total. The minimum atomic E-state index is 0.0920. The molecule has 1 saturated heterocycles. The van der Waals surface area contributed by atoms with Crippen LogP contribution in [0, 0.1) is 0 Å². The summed E-state index contributed by atoms with van der Waals surface area (Å²) in [4.78, 5) is 16.3. The minimum Gasteiger partial charge on any atom is -0.336 e. The first-order valence-corrected chi connectivity index (χ1v) is 7.45. The molecule has 1 rings (SSSR count). The van der Waals surface area contributed by atoms with Crippen LogP contribution in [0.15, 0.2) is 0 Å². The van der Waals surface area contributed by atoms with Crippen molar-refractivity contribution in [3.63, 3.8) is 0 Å². The highest BCUT2D eigenvalue weighted by Crippen LogP contribution is 2.17. The number of rotatable bonds is 3. The summed E-state index contributed by atoms with van der Waals surface area (Å²) in [5.41, 5.74) is 0. The van der Waals surface area contributed by atoms with Crippen molar-refractivity contribution in [2.24, 2.45) is 0 Å². The fourth-order valence-corrected chi connectivity index (χ4v) is 3.06. The summed E-state index contributed by atoms with van der Waals surface area (Å²) in [7, 11) is 4.13. The third kappa shape index (κ3) is 5.17. The number of hydrogen-bond donors (Lipinski definition) is 1. The van der Waals surface area contributed by atoms with Crippen molar-refractivity contribution >= 4 is 17.8 Å². The average Bonchev–Trinajstić information content (AvgIpc) is 2.41. The first kappa shape index (κ1) is 14.6. The average molecular weight is 259 g/mol. The molecule has 17 heavy (non-hydrogen) atoms. The number of nitrogens with one attached hydrogen (secondary N) is 1. The van der Waals surface area contributed by atoms with Gasteiger partial charge in [0.15, 0.2) is 0 Å². The molecular formula is C12H25N3OS. The molecule has 0 aromatic carbocycles. The topological polar surface area (TPSA) is 35.6 Å². The third-order valence-electron chi connectivity index (χ3n) is 2.69. The van der Waals surface area contributed by atoms with Crippen LogP contribution in [0.2, 0.25) is 0 Å². The van der Waals surface area contributed by atoms with E-state index in [1.165, 1.54) is 0 Å². The zero-order chi connectivity index (χ0) is 12.8. The largest absolute Gasteiger partial charge is 0.336 e. The molecule has 1 aliphatic heterocycles. The van der Waals surface area contributed by atoms with E-state index in [1.54, 1.807) is 0 Å². The molecule has 0 aliphatic carbocycles. The van der Waals surface area contributed by atoms with Crippen molar-refractivity contribution in [3.8, 4) is 0 Å². The van der Waals surface area contributed by atoms with Crippen LogP contribution in [-0.4, -0.2) is 66.6 Å². The Hall–Kier alpha value is -0.420. The van der Waals surface area contributed by atoms with Gasteiger partial charge in [0.1, 0.15) is 0 Å². The maximum absolute atomic E-state index is 12.1. The number of carbonyl (C=O) groups is 1. The van der Waals surface area contributed by atoms with E-state index in [4.69, 9.17) is 0 Å². The molecule has 0 aromatic heterocycles. The van der Waals surface area contributed by atoms with Gasteiger partial charge in [-0.2, -0.15) is 11.8 Å². The molecule has 0 aromatic rings.